The first-order valence-electron chi connectivity index (χ1n) is 13.0. The van der Waals surface area contributed by atoms with Crippen LogP contribution in [0.1, 0.15) is 58.1 Å². The van der Waals surface area contributed by atoms with Crippen LogP contribution in [-0.4, -0.2) is 38.5 Å². The number of halogens is 2. The van der Waals surface area contributed by atoms with Crippen LogP contribution in [0.5, 0.6) is 0 Å². The summed E-state index contributed by atoms with van der Waals surface area (Å²) in [5.41, 5.74) is -0.609. The first kappa shape index (κ1) is 29.1. The van der Waals surface area contributed by atoms with Gasteiger partial charge in [0.25, 0.3) is 0 Å². The maximum absolute atomic E-state index is 13.9. The third-order valence-electron chi connectivity index (χ3n) is 7.01. The number of carbonyl (C=O) groups excluding carboxylic acids is 1. The van der Waals surface area contributed by atoms with Crippen molar-refractivity contribution < 1.29 is 9.90 Å². The minimum Gasteiger partial charge on any atom is -0.389 e. The molecule has 206 valence electrons. The number of rotatable bonds is 7. The first-order valence-corrected chi connectivity index (χ1v) is 13.7. The number of anilines is 1. The number of nitrogens with one attached hydrogen (secondary N) is 2. The van der Waals surface area contributed by atoms with Crippen LogP contribution in [0.15, 0.2) is 60.8 Å². The number of nitrogens with zero attached hydrogens (tertiary/aromatic N) is 3. The van der Waals surface area contributed by atoms with E-state index in [-0.39, 0.29) is 23.9 Å². The normalized spacial score (nSPS) is 23.4. The third-order valence-corrected chi connectivity index (χ3v) is 7.50. The fourth-order valence-corrected chi connectivity index (χ4v) is 5.90. The topological polar surface area (TPSA) is 103 Å². The highest BCUT2D eigenvalue weighted by Crippen LogP contribution is 2.51. The van der Waals surface area contributed by atoms with Crippen LogP contribution in [0.3, 0.4) is 0 Å². The van der Waals surface area contributed by atoms with E-state index in [0.717, 1.165) is 11.1 Å². The van der Waals surface area contributed by atoms with Crippen molar-refractivity contribution in [1.29, 1.82) is 5.26 Å². The molecule has 0 saturated carbocycles. The summed E-state index contributed by atoms with van der Waals surface area (Å²) < 4.78 is 1.59. The molecule has 1 aliphatic rings. The molecule has 1 aromatic heterocycles. The van der Waals surface area contributed by atoms with Gasteiger partial charge in [-0.05, 0) is 61.1 Å². The number of hydrogen-bond donors (Lipinski definition) is 3. The lowest BCUT2D eigenvalue weighted by Gasteiger charge is -2.37. The largest absolute Gasteiger partial charge is 0.389 e. The molecule has 0 aliphatic carbocycles. The van der Waals surface area contributed by atoms with Gasteiger partial charge < -0.3 is 15.7 Å². The summed E-state index contributed by atoms with van der Waals surface area (Å²) in [7, 11) is 0. The second-order valence-electron chi connectivity index (χ2n) is 12.2. The zero-order valence-corrected chi connectivity index (χ0v) is 24.4. The molecule has 39 heavy (non-hydrogen) atoms. The third kappa shape index (κ3) is 6.47. The molecule has 2 aromatic carbocycles. The first-order chi connectivity index (χ1) is 18.2. The van der Waals surface area contributed by atoms with E-state index in [1.165, 1.54) is 0 Å². The maximum Gasteiger partial charge on any atom is 0.243 e. The molecule has 9 heteroatoms. The van der Waals surface area contributed by atoms with Crippen LogP contribution < -0.4 is 10.6 Å². The summed E-state index contributed by atoms with van der Waals surface area (Å²) in [5.74, 6) is -0.504. The predicted octanol–water partition coefficient (Wildman–Crippen LogP) is 5.92. The van der Waals surface area contributed by atoms with Gasteiger partial charge in [0.15, 0.2) is 5.82 Å². The summed E-state index contributed by atoms with van der Waals surface area (Å²) in [6.45, 7) is 10.0. The van der Waals surface area contributed by atoms with Gasteiger partial charge in [-0.15, -0.1) is 0 Å². The quantitative estimate of drug-likeness (QED) is 0.328. The lowest BCUT2D eigenvalue weighted by Crippen LogP contribution is -2.44. The van der Waals surface area contributed by atoms with E-state index in [9.17, 15) is 15.2 Å². The summed E-state index contributed by atoms with van der Waals surface area (Å²) in [6, 6.07) is 17.9. The molecular formula is C30H35Cl2N5O2. The molecule has 7 nitrogen and oxygen atoms in total. The molecule has 3 N–H and O–H groups in total. The molecule has 4 unspecified atom stereocenters. The lowest BCUT2D eigenvalue weighted by atomic mass is 9.63. The highest BCUT2D eigenvalue weighted by molar-refractivity contribution is 6.30. The Balaban J connectivity index is 1.81. The maximum atomic E-state index is 13.9. The summed E-state index contributed by atoms with van der Waals surface area (Å²) in [6.07, 6.45) is 2.35. The SMILES string of the molecule is CC(C)(C)CC1NC(C(=O)Nc2ccn(CC(C)(C)O)n2)C(c2cccc(Cl)c2)C1(C#N)c1ccc(Cl)cc1. The highest BCUT2D eigenvalue weighted by Gasteiger charge is 2.59. The standard InChI is InChI=1S/C30H35Cl2N5O2/c1-28(2,3)16-23-30(17-33,20-9-11-21(31)12-10-20)25(19-7-6-8-22(32)15-19)26(34-23)27(38)35-24-13-14-37(36-24)18-29(4,5)39/h6-15,23,25-26,34,39H,16,18H2,1-5H3,(H,35,36,38). The number of amides is 1. The van der Waals surface area contributed by atoms with E-state index in [1.54, 1.807) is 49.0 Å². The van der Waals surface area contributed by atoms with E-state index in [2.05, 4.69) is 42.6 Å². The van der Waals surface area contributed by atoms with Crippen molar-refractivity contribution in [3.05, 3.63) is 82.0 Å². The molecule has 1 fully saturated rings. The van der Waals surface area contributed by atoms with Gasteiger partial charge in [0, 0.05) is 34.3 Å². The number of nitriles is 1. The minimum atomic E-state index is -1.09. The Hall–Kier alpha value is -2.89. The Bertz CT molecular complexity index is 1370. The second-order valence-corrected chi connectivity index (χ2v) is 13.1. The van der Waals surface area contributed by atoms with Crippen LogP contribution >= 0.6 is 23.2 Å². The van der Waals surface area contributed by atoms with Gasteiger partial charge in [0.1, 0.15) is 5.41 Å². The predicted molar refractivity (Wildman–Crippen MR) is 155 cm³/mol. The minimum absolute atomic E-state index is 0.133. The van der Waals surface area contributed by atoms with Gasteiger partial charge in [-0.3, -0.25) is 9.48 Å². The molecule has 3 aromatic rings. The molecule has 1 saturated heterocycles. The van der Waals surface area contributed by atoms with Gasteiger partial charge in [-0.25, -0.2) is 0 Å². The fourth-order valence-electron chi connectivity index (χ4n) is 5.57. The molecule has 1 aliphatic heterocycles. The molecule has 0 bridgehead atoms. The van der Waals surface area contributed by atoms with Crippen molar-refractivity contribution >= 4 is 34.9 Å². The summed E-state index contributed by atoms with van der Waals surface area (Å²) in [5, 5.41) is 33.1. The molecule has 4 atom stereocenters. The zero-order chi connectivity index (χ0) is 28.6. The van der Waals surface area contributed by atoms with E-state index in [0.29, 0.717) is 22.3 Å². The van der Waals surface area contributed by atoms with Crippen LogP contribution in [0.25, 0.3) is 0 Å². The van der Waals surface area contributed by atoms with Gasteiger partial charge in [-0.1, -0.05) is 68.2 Å². The number of aromatic nitrogens is 2. The molecule has 2 heterocycles. The number of hydrogen-bond acceptors (Lipinski definition) is 5. The van der Waals surface area contributed by atoms with Crippen molar-refractivity contribution in [1.82, 2.24) is 15.1 Å². The lowest BCUT2D eigenvalue weighted by molar-refractivity contribution is -0.118. The zero-order valence-electron chi connectivity index (χ0n) is 22.9. The van der Waals surface area contributed by atoms with Gasteiger partial charge in [0.2, 0.25) is 5.91 Å². The Labute approximate surface area is 240 Å². The monoisotopic (exact) mass is 567 g/mol. The molecule has 0 radical (unpaired) electrons. The average molecular weight is 569 g/mol. The van der Waals surface area contributed by atoms with Gasteiger partial charge in [0.05, 0.1) is 24.3 Å². The van der Waals surface area contributed by atoms with E-state index in [4.69, 9.17) is 23.2 Å². The summed E-state index contributed by atoms with van der Waals surface area (Å²) >= 11 is 12.7. The number of benzene rings is 2. The Kier molecular flexibility index (Phi) is 8.16. The van der Waals surface area contributed by atoms with Gasteiger partial charge in [-0.2, -0.15) is 10.4 Å². The van der Waals surface area contributed by atoms with Crippen molar-refractivity contribution in [2.75, 3.05) is 5.32 Å². The molecular weight excluding hydrogens is 533 g/mol. The van der Waals surface area contributed by atoms with Crippen LogP contribution in [0.2, 0.25) is 10.0 Å². The number of aliphatic hydroxyl groups is 1. The molecule has 4 rings (SSSR count). The molecule has 1 amide bonds. The van der Waals surface area contributed by atoms with Crippen molar-refractivity contribution in [3.63, 3.8) is 0 Å². The van der Waals surface area contributed by atoms with Crippen molar-refractivity contribution in [3.8, 4) is 6.07 Å². The second kappa shape index (κ2) is 10.9. The summed E-state index contributed by atoms with van der Waals surface area (Å²) in [4.78, 5) is 13.9. The van der Waals surface area contributed by atoms with E-state index in [1.807, 2.05) is 30.3 Å². The smallest absolute Gasteiger partial charge is 0.243 e. The van der Waals surface area contributed by atoms with Crippen LogP contribution in [0, 0.1) is 16.7 Å². The number of carbonyl (C=O) groups is 1. The van der Waals surface area contributed by atoms with Gasteiger partial charge >= 0.3 is 0 Å². The van der Waals surface area contributed by atoms with Crippen LogP contribution in [0.4, 0.5) is 5.82 Å². The van der Waals surface area contributed by atoms with E-state index < -0.39 is 23.0 Å². The Morgan fingerprint density at radius 1 is 1.13 bits per heavy atom. The highest BCUT2D eigenvalue weighted by atomic mass is 35.5. The fraction of sp³-hybridized carbons (Fsp3) is 0.433. The molecule has 0 spiro atoms. The van der Waals surface area contributed by atoms with Crippen LogP contribution in [-0.2, 0) is 16.8 Å². The Morgan fingerprint density at radius 3 is 2.41 bits per heavy atom. The average Bonchev–Trinajstić information content (AvgIpc) is 3.39. The van der Waals surface area contributed by atoms with Crippen molar-refractivity contribution in [2.24, 2.45) is 5.41 Å². The Morgan fingerprint density at radius 2 is 1.82 bits per heavy atom. The van der Waals surface area contributed by atoms with Crippen molar-refractivity contribution in [2.45, 2.75) is 76.6 Å². The van der Waals surface area contributed by atoms with E-state index >= 15 is 0 Å².